The number of hydrogen-bond acceptors (Lipinski definition) is 8. The lowest BCUT2D eigenvalue weighted by atomic mass is 10.2. The number of carbonyl (C=O) groups excluding carboxylic acids is 1. The Hall–Kier alpha value is -2.73. The summed E-state index contributed by atoms with van der Waals surface area (Å²) in [6.45, 7) is -0.149. The van der Waals surface area contributed by atoms with Crippen molar-refractivity contribution < 1.29 is 27.3 Å². The van der Waals surface area contributed by atoms with Crippen LogP contribution in [-0.2, 0) is 20.6 Å². The molecule has 2 rings (SSSR count). The number of nitrogens with one attached hydrogen (secondary N) is 1. The average Bonchev–Trinajstić information content (AvgIpc) is 3.20. The van der Waals surface area contributed by atoms with Gasteiger partial charge in [0.1, 0.15) is 23.7 Å². The molecule has 0 aliphatic heterocycles. The minimum atomic E-state index is -3.90. The quantitative estimate of drug-likeness (QED) is 0.292. The number of non-ortho nitro benzene ring substituents is 1. The number of amides is 1. The van der Waals surface area contributed by atoms with Crippen LogP contribution in [-0.4, -0.2) is 51.5 Å². The molecule has 10 nitrogen and oxygen atoms in total. The van der Waals surface area contributed by atoms with E-state index in [-0.39, 0.29) is 17.1 Å². The lowest BCUT2D eigenvalue weighted by Crippen LogP contribution is -2.40. The molecule has 2 aromatic rings. The maximum absolute atomic E-state index is 12.3. The predicted molar refractivity (Wildman–Crippen MR) is 114 cm³/mol. The van der Waals surface area contributed by atoms with Crippen molar-refractivity contribution in [1.82, 2.24) is 5.32 Å². The number of ether oxygens (including phenoxy) is 1. The van der Waals surface area contributed by atoms with Gasteiger partial charge in [0.25, 0.3) is 5.69 Å². The third-order valence-corrected chi connectivity index (χ3v) is 6.13. The molecule has 1 heterocycles. The zero-order valence-electron chi connectivity index (χ0n) is 16.6. The fourth-order valence-electron chi connectivity index (χ4n) is 2.52. The Bertz CT molecular complexity index is 962. The molecule has 0 radical (unpaired) electrons. The van der Waals surface area contributed by atoms with Crippen LogP contribution in [0, 0.1) is 10.1 Å². The van der Waals surface area contributed by atoms with Gasteiger partial charge in [-0.1, -0.05) is 0 Å². The minimum Gasteiger partial charge on any atom is -0.495 e. The number of anilines is 1. The van der Waals surface area contributed by atoms with Gasteiger partial charge in [-0.3, -0.25) is 19.2 Å². The highest BCUT2D eigenvalue weighted by Crippen LogP contribution is 2.33. The van der Waals surface area contributed by atoms with Crippen LogP contribution in [0.5, 0.6) is 5.75 Å². The summed E-state index contributed by atoms with van der Waals surface area (Å²) in [5, 5.41) is 13.7. The number of furan rings is 1. The Balaban J connectivity index is 1.95. The summed E-state index contributed by atoms with van der Waals surface area (Å²) in [5.41, 5.74) is -0.383. The summed E-state index contributed by atoms with van der Waals surface area (Å²) < 4.78 is 35.7. The molecule has 0 spiro atoms. The fraction of sp³-hybridized carbons (Fsp3) is 0.389. The molecule has 1 aromatic carbocycles. The molecule has 1 N–H and O–H groups in total. The zero-order valence-corrected chi connectivity index (χ0v) is 18.2. The number of rotatable bonds is 12. The molecule has 164 valence electrons. The first-order valence-electron chi connectivity index (χ1n) is 8.89. The van der Waals surface area contributed by atoms with Gasteiger partial charge in [-0.25, -0.2) is 8.42 Å². The van der Waals surface area contributed by atoms with Crippen molar-refractivity contribution in [2.45, 2.75) is 12.2 Å². The Morgan fingerprint density at radius 3 is 2.73 bits per heavy atom. The Kier molecular flexibility index (Phi) is 8.54. The van der Waals surface area contributed by atoms with Crippen molar-refractivity contribution in [2.24, 2.45) is 0 Å². The summed E-state index contributed by atoms with van der Waals surface area (Å²) in [5.74, 6) is 1.97. The van der Waals surface area contributed by atoms with Gasteiger partial charge in [0.05, 0.1) is 30.3 Å². The number of methoxy groups -OCH3 is 1. The number of carbonyl (C=O) groups is 1. The molecule has 1 aromatic heterocycles. The van der Waals surface area contributed by atoms with Crippen molar-refractivity contribution in [2.75, 3.05) is 36.5 Å². The maximum Gasteiger partial charge on any atom is 0.271 e. The molecule has 12 heteroatoms. The minimum absolute atomic E-state index is 0.0710. The number of nitro benzene ring substituents is 1. The van der Waals surface area contributed by atoms with E-state index in [9.17, 15) is 23.3 Å². The van der Waals surface area contributed by atoms with E-state index in [1.54, 1.807) is 18.0 Å². The highest BCUT2D eigenvalue weighted by atomic mass is 32.2. The van der Waals surface area contributed by atoms with E-state index in [1.165, 1.54) is 19.2 Å². The second kappa shape index (κ2) is 10.9. The second-order valence-corrected chi connectivity index (χ2v) is 9.23. The van der Waals surface area contributed by atoms with Gasteiger partial charge < -0.3 is 14.5 Å². The highest BCUT2D eigenvalue weighted by molar-refractivity contribution is 7.98. The number of nitrogens with zero attached hydrogens (tertiary/aromatic N) is 2. The van der Waals surface area contributed by atoms with E-state index in [4.69, 9.17) is 9.15 Å². The summed E-state index contributed by atoms with van der Waals surface area (Å²) >= 11 is 1.66. The third-order valence-electron chi connectivity index (χ3n) is 3.94. The Labute approximate surface area is 178 Å². The van der Waals surface area contributed by atoms with Gasteiger partial charge in [0.15, 0.2) is 0 Å². The molecule has 0 saturated heterocycles. The van der Waals surface area contributed by atoms with Gasteiger partial charge in [0.2, 0.25) is 15.9 Å². The van der Waals surface area contributed by atoms with Gasteiger partial charge >= 0.3 is 0 Å². The van der Waals surface area contributed by atoms with Crippen LogP contribution in [0.15, 0.2) is 41.0 Å². The topological polar surface area (TPSA) is 132 Å². The number of sulfonamides is 1. The maximum atomic E-state index is 12.3. The monoisotopic (exact) mass is 457 g/mol. The summed E-state index contributed by atoms with van der Waals surface area (Å²) in [7, 11) is -2.59. The second-order valence-electron chi connectivity index (χ2n) is 6.22. The molecule has 0 bridgehead atoms. The van der Waals surface area contributed by atoms with Crippen LogP contribution in [0.4, 0.5) is 11.4 Å². The summed E-state index contributed by atoms with van der Waals surface area (Å²) in [6, 6.07) is 7.26. The molecule has 0 saturated carbocycles. The number of nitro groups is 1. The van der Waals surface area contributed by atoms with Crippen molar-refractivity contribution in [3.05, 3.63) is 52.5 Å². The molecule has 0 aliphatic carbocycles. The fourth-order valence-corrected chi connectivity index (χ4v) is 4.23. The molecule has 0 fully saturated rings. The van der Waals surface area contributed by atoms with Crippen molar-refractivity contribution >= 4 is 39.1 Å². The molecule has 0 unspecified atom stereocenters. The van der Waals surface area contributed by atoms with Crippen LogP contribution in [0.25, 0.3) is 0 Å². The van der Waals surface area contributed by atoms with E-state index in [1.807, 2.05) is 12.1 Å². The van der Waals surface area contributed by atoms with Gasteiger partial charge in [-0.15, -0.1) is 0 Å². The Morgan fingerprint density at radius 1 is 1.37 bits per heavy atom. The average molecular weight is 458 g/mol. The summed E-state index contributed by atoms with van der Waals surface area (Å²) in [6.07, 6.45) is 3.22. The highest BCUT2D eigenvalue weighted by Gasteiger charge is 2.26. The van der Waals surface area contributed by atoms with E-state index < -0.39 is 27.4 Å². The molecule has 1 amide bonds. The van der Waals surface area contributed by atoms with E-state index in [2.05, 4.69) is 5.32 Å². The van der Waals surface area contributed by atoms with Crippen LogP contribution in [0.2, 0.25) is 0 Å². The van der Waals surface area contributed by atoms with Crippen LogP contribution in [0.1, 0.15) is 12.2 Å². The van der Waals surface area contributed by atoms with Crippen molar-refractivity contribution in [3.8, 4) is 5.75 Å². The molecule has 0 aliphatic rings. The SMILES string of the molecule is COc1ccc([N+](=O)[O-])cc1N(CC(=O)NCCCSCc1ccco1)S(C)(=O)=O. The number of benzene rings is 1. The third kappa shape index (κ3) is 6.95. The zero-order chi connectivity index (χ0) is 22.1. The van der Waals surface area contributed by atoms with Crippen molar-refractivity contribution in [3.63, 3.8) is 0 Å². The molecular formula is C18H23N3O7S2. The standard InChI is InChI=1S/C18H23N3O7S2/c1-27-17-7-6-14(21(23)24)11-16(17)20(30(2,25)26)12-18(22)19-8-4-10-29-13-15-5-3-9-28-15/h3,5-7,9,11H,4,8,10,12-13H2,1-2H3,(H,19,22). The van der Waals surface area contributed by atoms with E-state index in [0.29, 0.717) is 13.0 Å². The normalized spacial score (nSPS) is 11.1. The largest absolute Gasteiger partial charge is 0.495 e. The molecule has 30 heavy (non-hydrogen) atoms. The van der Waals surface area contributed by atoms with E-state index >= 15 is 0 Å². The van der Waals surface area contributed by atoms with Gasteiger partial charge in [-0.05, 0) is 30.4 Å². The predicted octanol–water partition coefficient (Wildman–Crippen LogP) is 2.40. The first-order valence-corrected chi connectivity index (χ1v) is 11.9. The molecular weight excluding hydrogens is 434 g/mol. The summed E-state index contributed by atoms with van der Waals surface area (Å²) in [4.78, 5) is 22.7. The van der Waals surface area contributed by atoms with E-state index in [0.717, 1.165) is 33.9 Å². The van der Waals surface area contributed by atoms with Crippen LogP contribution >= 0.6 is 11.8 Å². The lowest BCUT2D eigenvalue weighted by Gasteiger charge is -2.23. The number of hydrogen-bond donors (Lipinski definition) is 1. The smallest absolute Gasteiger partial charge is 0.271 e. The van der Waals surface area contributed by atoms with Crippen molar-refractivity contribution in [1.29, 1.82) is 0 Å². The lowest BCUT2D eigenvalue weighted by molar-refractivity contribution is -0.384. The first-order chi connectivity index (χ1) is 14.2. The van der Waals surface area contributed by atoms with Gasteiger partial charge in [0, 0.05) is 18.7 Å². The van der Waals surface area contributed by atoms with Gasteiger partial charge in [-0.2, -0.15) is 11.8 Å². The number of thioether (sulfide) groups is 1. The van der Waals surface area contributed by atoms with Crippen LogP contribution < -0.4 is 14.4 Å². The molecule has 0 atom stereocenters. The first kappa shape index (κ1) is 23.5. The van der Waals surface area contributed by atoms with Crippen LogP contribution in [0.3, 0.4) is 0 Å². The Morgan fingerprint density at radius 2 is 2.13 bits per heavy atom.